The summed E-state index contributed by atoms with van der Waals surface area (Å²) in [6, 6.07) is 17.3. The van der Waals surface area contributed by atoms with E-state index in [1.54, 1.807) is 24.3 Å². The number of carbonyl (C=O) groups excluding carboxylic acids is 2. The molecule has 38 heavy (non-hydrogen) atoms. The second kappa shape index (κ2) is 12.0. The molecule has 3 aromatic rings. The first-order valence-corrected chi connectivity index (χ1v) is 12.4. The lowest BCUT2D eigenvalue weighted by atomic mass is 10.1. The van der Waals surface area contributed by atoms with Gasteiger partial charge in [0.25, 0.3) is 0 Å². The van der Waals surface area contributed by atoms with E-state index in [0.717, 1.165) is 5.56 Å². The molecule has 0 bridgehead atoms. The molecule has 2 atom stereocenters. The summed E-state index contributed by atoms with van der Waals surface area (Å²) in [7, 11) is 0. The highest BCUT2D eigenvalue weighted by Gasteiger charge is 2.35. The van der Waals surface area contributed by atoms with Gasteiger partial charge in [-0.25, -0.2) is 14.0 Å². The molecular formula is C28H27ClFN3O5. The Bertz CT molecular complexity index is 1330. The van der Waals surface area contributed by atoms with E-state index in [-0.39, 0.29) is 42.5 Å². The Kier molecular flexibility index (Phi) is 8.48. The molecule has 1 aliphatic rings. The van der Waals surface area contributed by atoms with Crippen LogP contribution in [0.4, 0.5) is 20.6 Å². The van der Waals surface area contributed by atoms with Gasteiger partial charge in [-0.05, 0) is 60.5 Å². The second-order valence-corrected chi connectivity index (χ2v) is 9.47. The fourth-order valence-corrected chi connectivity index (χ4v) is 4.49. The van der Waals surface area contributed by atoms with Crippen molar-refractivity contribution in [2.75, 3.05) is 23.8 Å². The highest BCUT2D eigenvalue weighted by molar-refractivity contribution is 6.33. The van der Waals surface area contributed by atoms with Crippen LogP contribution in [0.25, 0.3) is 0 Å². The van der Waals surface area contributed by atoms with Gasteiger partial charge in [0.05, 0.1) is 35.3 Å². The van der Waals surface area contributed by atoms with Crippen molar-refractivity contribution < 1.29 is 28.6 Å². The van der Waals surface area contributed by atoms with Gasteiger partial charge in [-0.15, -0.1) is 0 Å². The number of benzene rings is 3. The molecule has 198 valence electrons. The number of hydrogen-bond donors (Lipinski definition) is 3. The molecule has 0 radical (unpaired) electrons. The number of halogens is 2. The van der Waals surface area contributed by atoms with Crippen LogP contribution in [0.1, 0.15) is 27.9 Å². The van der Waals surface area contributed by atoms with Crippen LogP contribution in [0, 0.1) is 6.92 Å². The summed E-state index contributed by atoms with van der Waals surface area (Å²) in [5, 5.41) is 14.7. The first-order chi connectivity index (χ1) is 18.2. The van der Waals surface area contributed by atoms with E-state index in [1.165, 1.54) is 29.2 Å². The van der Waals surface area contributed by atoms with E-state index < -0.39 is 24.2 Å². The van der Waals surface area contributed by atoms with Crippen molar-refractivity contribution >= 4 is 40.9 Å². The van der Waals surface area contributed by atoms with Gasteiger partial charge in [0.2, 0.25) is 5.91 Å². The largest absolute Gasteiger partial charge is 0.491 e. The van der Waals surface area contributed by atoms with Crippen molar-refractivity contribution in [3.05, 3.63) is 88.4 Å². The summed E-state index contributed by atoms with van der Waals surface area (Å²) in [6.45, 7) is 1.94. The lowest BCUT2D eigenvalue weighted by molar-refractivity contribution is -0.132. The van der Waals surface area contributed by atoms with Gasteiger partial charge in [-0.1, -0.05) is 35.9 Å². The molecule has 0 aliphatic carbocycles. The standard InChI is InChI=1S/C28H27ClFN3O5/c1-17-4-2-3-5-24(17)31-28(37)32-25-11-6-18(12-23(25)29)13-26(34)33-15-20(30)14-21(33)16-38-22-9-7-19(8-10-22)27(35)36/h2-12,20-21H,13-16H2,1H3,(H,35,36)(H2,31,32,37)/t20-,21-/m0/s1. The van der Waals surface area contributed by atoms with Crippen LogP contribution in [0.15, 0.2) is 66.7 Å². The smallest absolute Gasteiger partial charge is 0.335 e. The predicted octanol–water partition coefficient (Wildman–Crippen LogP) is 5.55. The maximum Gasteiger partial charge on any atom is 0.335 e. The molecule has 1 aliphatic heterocycles. The number of anilines is 2. The first kappa shape index (κ1) is 26.9. The van der Waals surface area contributed by atoms with Crippen molar-refractivity contribution in [3.8, 4) is 5.75 Å². The minimum atomic E-state index is -1.16. The van der Waals surface area contributed by atoms with E-state index in [4.69, 9.17) is 21.4 Å². The predicted molar refractivity (Wildman–Crippen MR) is 143 cm³/mol. The number of nitrogens with zero attached hydrogens (tertiary/aromatic N) is 1. The molecule has 4 rings (SSSR count). The first-order valence-electron chi connectivity index (χ1n) is 12.0. The van der Waals surface area contributed by atoms with Crippen LogP contribution in [-0.4, -0.2) is 53.3 Å². The number of carbonyl (C=O) groups is 3. The quantitative estimate of drug-likeness (QED) is 0.348. The molecule has 1 heterocycles. The van der Waals surface area contributed by atoms with Crippen LogP contribution in [-0.2, 0) is 11.2 Å². The normalized spacial score (nSPS) is 16.7. The molecule has 0 unspecified atom stereocenters. The summed E-state index contributed by atoms with van der Waals surface area (Å²) in [5.74, 6) is -0.876. The van der Waals surface area contributed by atoms with Crippen molar-refractivity contribution in [3.63, 3.8) is 0 Å². The summed E-state index contributed by atoms with van der Waals surface area (Å²) in [5.41, 5.74) is 2.73. The number of rotatable bonds is 8. The zero-order valence-corrected chi connectivity index (χ0v) is 21.4. The third-order valence-electron chi connectivity index (χ3n) is 6.26. The van der Waals surface area contributed by atoms with Crippen LogP contribution in [0.2, 0.25) is 5.02 Å². The summed E-state index contributed by atoms with van der Waals surface area (Å²) in [6.07, 6.45) is -1.01. The van der Waals surface area contributed by atoms with Crippen molar-refractivity contribution in [2.45, 2.75) is 32.0 Å². The molecule has 0 aromatic heterocycles. The SMILES string of the molecule is Cc1ccccc1NC(=O)Nc1ccc(CC(=O)N2C[C@@H](F)C[C@H]2COc2ccc(C(=O)O)cc2)cc1Cl. The minimum absolute atomic E-state index is 0.00589. The highest BCUT2D eigenvalue weighted by atomic mass is 35.5. The second-order valence-electron chi connectivity index (χ2n) is 9.06. The van der Waals surface area contributed by atoms with Crippen molar-refractivity contribution in [1.82, 2.24) is 4.90 Å². The number of aryl methyl sites for hydroxylation is 1. The Hall–Kier alpha value is -4.11. The monoisotopic (exact) mass is 539 g/mol. The topological polar surface area (TPSA) is 108 Å². The van der Waals surface area contributed by atoms with Crippen LogP contribution in [0.5, 0.6) is 5.75 Å². The summed E-state index contributed by atoms with van der Waals surface area (Å²) >= 11 is 6.37. The molecule has 8 nitrogen and oxygen atoms in total. The van der Waals surface area contributed by atoms with Crippen LogP contribution < -0.4 is 15.4 Å². The molecular weight excluding hydrogens is 513 g/mol. The molecule has 1 saturated heterocycles. The van der Waals surface area contributed by atoms with Gasteiger partial charge in [0.1, 0.15) is 18.5 Å². The number of nitrogens with one attached hydrogen (secondary N) is 2. The number of carboxylic acid groups (broad SMARTS) is 1. The Balaban J connectivity index is 1.34. The van der Waals surface area contributed by atoms with Gasteiger partial charge >= 0.3 is 12.0 Å². The Morgan fingerprint density at radius 1 is 1.05 bits per heavy atom. The number of alkyl halides is 1. The summed E-state index contributed by atoms with van der Waals surface area (Å²) in [4.78, 5) is 37.9. The molecule has 3 amide bonds. The molecule has 0 spiro atoms. The number of likely N-dealkylation sites (tertiary alicyclic amines) is 1. The lowest BCUT2D eigenvalue weighted by Gasteiger charge is -2.24. The van der Waals surface area contributed by atoms with E-state index in [2.05, 4.69) is 10.6 Å². The average molecular weight is 540 g/mol. The third kappa shape index (κ3) is 6.80. The number of amides is 3. The van der Waals surface area contributed by atoms with Crippen LogP contribution in [0.3, 0.4) is 0 Å². The number of aromatic carboxylic acids is 1. The number of hydrogen-bond acceptors (Lipinski definition) is 4. The van der Waals surface area contributed by atoms with Gasteiger partial charge in [0, 0.05) is 12.1 Å². The van der Waals surface area contributed by atoms with Gasteiger partial charge < -0.3 is 25.4 Å². The minimum Gasteiger partial charge on any atom is -0.491 e. The average Bonchev–Trinajstić information content (AvgIpc) is 3.26. The van der Waals surface area contributed by atoms with E-state index in [1.807, 2.05) is 25.1 Å². The molecule has 0 saturated carbocycles. The summed E-state index contributed by atoms with van der Waals surface area (Å²) < 4.78 is 19.9. The fraction of sp³-hybridized carbons (Fsp3) is 0.250. The number of urea groups is 1. The Morgan fingerprint density at radius 3 is 2.45 bits per heavy atom. The zero-order chi connectivity index (χ0) is 27.2. The van der Waals surface area contributed by atoms with Crippen molar-refractivity contribution in [1.29, 1.82) is 0 Å². The maximum absolute atomic E-state index is 14.2. The Labute approximate surface area is 224 Å². The zero-order valence-electron chi connectivity index (χ0n) is 20.6. The number of carboxylic acids is 1. The van der Waals surface area contributed by atoms with Crippen LogP contribution >= 0.6 is 11.6 Å². The van der Waals surface area contributed by atoms with E-state index in [9.17, 15) is 18.8 Å². The van der Waals surface area contributed by atoms with Crippen molar-refractivity contribution in [2.24, 2.45) is 0 Å². The van der Waals surface area contributed by atoms with E-state index >= 15 is 0 Å². The lowest BCUT2D eigenvalue weighted by Crippen LogP contribution is -2.40. The number of para-hydroxylation sites is 1. The van der Waals surface area contributed by atoms with Gasteiger partial charge in [-0.3, -0.25) is 4.79 Å². The third-order valence-corrected chi connectivity index (χ3v) is 6.57. The Morgan fingerprint density at radius 2 is 1.76 bits per heavy atom. The highest BCUT2D eigenvalue weighted by Crippen LogP contribution is 2.26. The number of ether oxygens (including phenoxy) is 1. The molecule has 3 aromatic carbocycles. The van der Waals surface area contributed by atoms with Gasteiger partial charge in [-0.2, -0.15) is 0 Å². The van der Waals surface area contributed by atoms with E-state index in [0.29, 0.717) is 22.7 Å². The molecule has 3 N–H and O–H groups in total. The maximum atomic E-state index is 14.2. The molecule has 10 heteroatoms. The van der Waals surface area contributed by atoms with Gasteiger partial charge in [0.15, 0.2) is 0 Å². The molecule has 1 fully saturated rings. The fourth-order valence-electron chi connectivity index (χ4n) is 4.24.